The standard InChI is InChI=1S/C12H9F3N2O2S/c13-12(14,15)7-3-1-6(2-4-7)10-17-8(5-20-10)9(16)11(18)19/h1-5,9H,16H2,(H,18,19). The van der Waals surface area contributed by atoms with Gasteiger partial charge < -0.3 is 10.8 Å². The van der Waals surface area contributed by atoms with E-state index in [0.717, 1.165) is 23.5 Å². The highest BCUT2D eigenvalue weighted by molar-refractivity contribution is 7.13. The van der Waals surface area contributed by atoms with E-state index in [1.54, 1.807) is 0 Å². The zero-order valence-corrected chi connectivity index (χ0v) is 10.7. The molecule has 0 bridgehead atoms. The van der Waals surface area contributed by atoms with Crippen LogP contribution in [0.3, 0.4) is 0 Å². The number of nitrogens with two attached hydrogens (primary N) is 1. The summed E-state index contributed by atoms with van der Waals surface area (Å²) in [6.45, 7) is 0. The van der Waals surface area contributed by atoms with Crippen LogP contribution in [-0.2, 0) is 11.0 Å². The van der Waals surface area contributed by atoms with Crippen LogP contribution in [0, 0.1) is 0 Å². The highest BCUT2D eigenvalue weighted by Crippen LogP contribution is 2.32. The first-order chi connectivity index (χ1) is 9.29. The number of benzene rings is 1. The molecule has 0 amide bonds. The van der Waals surface area contributed by atoms with E-state index < -0.39 is 23.8 Å². The Morgan fingerprint density at radius 2 is 1.90 bits per heavy atom. The van der Waals surface area contributed by atoms with Crippen LogP contribution in [0.15, 0.2) is 29.6 Å². The van der Waals surface area contributed by atoms with Crippen LogP contribution in [-0.4, -0.2) is 16.1 Å². The molecule has 0 fully saturated rings. The van der Waals surface area contributed by atoms with Crippen LogP contribution >= 0.6 is 11.3 Å². The van der Waals surface area contributed by atoms with Gasteiger partial charge in [0.05, 0.1) is 11.3 Å². The fourth-order valence-corrected chi connectivity index (χ4v) is 2.35. The molecule has 4 nitrogen and oxygen atoms in total. The van der Waals surface area contributed by atoms with E-state index in [2.05, 4.69) is 4.98 Å². The van der Waals surface area contributed by atoms with E-state index in [9.17, 15) is 18.0 Å². The maximum absolute atomic E-state index is 12.4. The molecule has 0 radical (unpaired) electrons. The molecule has 1 aromatic heterocycles. The number of carboxylic acid groups (broad SMARTS) is 1. The predicted octanol–water partition coefficient (Wildman–Crippen LogP) is 2.91. The highest BCUT2D eigenvalue weighted by atomic mass is 32.1. The summed E-state index contributed by atoms with van der Waals surface area (Å²) in [6, 6.07) is 3.24. The van der Waals surface area contributed by atoms with E-state index >= 15 is 0 Å². The number of thiazole rings is 1. The summed E-state index contributed by atoms with van der Waals surface area (Å²) in [4.78, 5) is 14.7. The molecule has 20 heavy (non-hydrogen) atoms. The second-order valence-electron chi connectivity index (χ2n) is 3.97. The number of carbonyl (C=O) groups is 1. The minimum Gasteiger partial charge on any atom is -0.480 e. The average molecular weight is 302 g/mol. The zero-order chi connectivity index (χ0) is 14.9. The lowest BCUT2D eigenvalue weighted by atomic mass is 10.1. The molecular weight excluding hydrogens is 293 g/mol. The van der Waals surface area contributed by atoms with Gasteiger partial charge in [-0.2, -0.15) is 13.2 Å². The van der Waals surface area contributed by atoms with Crippen molar-refractivity contribution < 1.29 is 23.1 Å². The monoisotopic (exact) mass is 302 g/mol. The molecule has 0 aliphatic heterocycles. The minimum atomic E-state index is -4.39. The lowest BCUT2D eigenvalue weighted by molar-refractivity contribution is -0.139. The van der Waals surface area contributed by atoms with Gasteiger partial charge in [0.25, 0.3) is 0 Å². The number of carboxylic acids is 1. The van der Waals surface area contributed by atoms with Crippen LogP contribution in [0.5, 0.6) is 0 Å². The van der Waals surface area contributed by atoms with Crippen LogP contribution in [0.4, 0.5) is 13.2 Å². The van der Waals surface area contributed by atoms with Gasteiger partial charge in [-0.25, -0.2) is 4.98 Å². The number of nitrogens with zero attached hydrogens (tertiary/aromatic N) is 1. The second kappa shape index (κ2) is 5.22. The molecule has 2 rings (SSSR count). The van der Waals surface area contributed by atoms with Crippen LogP contribution in [0.25, 0.3) is 10.6 Å². The predicted molar refractivity (Wildman–Crippen MR) is 67.1 cm³/mol. The Kier molecular flexibility index (Phi) is 3.78. The summed E-state index contributed by atoms with van der Waals surface area (Å²) in [5.41, 5.74) is 5.31. The van der Waals surface area contributed by atoms with E-state index in [4.69, 9.17) is 10.8 Å². The van der Waals surface area contributed by atoms with Crippen molar-refractivity contribution >= 4 is 17.3 Å². The van der Waals surface area contributed by atoms with Crippen molar-refractivity contribution in [3.05, 3.63) is 40.9 Å². The molecule has 1 atom stereocenters. The van der Waals surface area contributed by atoms with Gasteiger partial charge in [0.1, 0.15) is 11.0 Å². The van der Waals surface area contributed by atoms with Gasteiger partial charge in [0.2, 0.25) is 0 Å². The fraction of sp³-hybridized carbons (Fsp3) is 0.167. The number of alkyl halides is 3. The Labute approximate surface area is 115 Å². The van der Waals surface area contributed by atoms with Gasteiger partial charge in [-0.05, 0) is 12.1 Å². The van der Waals surface area contributed by atoms with Gasteiger partial charge in [-0.15, -0.1) is 11.3 Å². The topological polar surface area (TPSA) is 76.2 Å². The summed E-state index contributed by atoms with van der Waals surface area (Å²) < 4.78 is 37.3. The van der Waals surface area contributed by atoms with Gasteiger partial charge in [-0.3, -0.25) is 4.79 Å². The fourth-order valence-electron chi connectivity index (χ4n) is 1.49. The molecule has 0 aliphatic rings. The Morgan fingerprint density at radius 3 is 2.40 bits per heavy atom. The van der Waals surface area contributed by atoms with E-state index in [-0.39, 0.29) is 5.69 Å². The maximum atomic E-state index is 12.4. The quantitative estimate of drug-likeness (QED) is 0.914. The van der Waals surface area contributed by atoms with E-state index in [1.807, 2.05) is 0 Å². The van der Waals surface area contributed by atoms with Crippen molar-refractivity contribution in [1.29, 1.82) is 0 Å². The molecule has 2 aromatic rings. The van der Waals surface area contributed by atoms with E-state index in [1.165, 1.54) is 17.5 Å². The third-order valence-electron chi connectivity index (χ3n) is 2.57. The second-order valence-corrected chi connectivity index (χ2v) is 4.83. The molecule has 106 valence electrons. The Morgan fingerprint density at radius 1 is 1.30 bits per heavy atom. The largest absolute Gasteiger partial charge is 0.480 e. The Bertz CT molecular complexity index is 622. The zero-order valence-electron chi connectivity index (χ0n) is 9.89. The van der Waals surface area contributed by atoms with Gasteiger partial charge >= 0.3 is 12.1 Å². The molecule has 0 spiro atoms. The van der Waals surface area contributed by atoms with Gasteiger partial charge in [0, 0.05) is 10.9 Å². The molecule has 3 N–H and O–H groups in total. The van der Waals surface area contributed by atoms with Crippen LogP contribution in [0.1, 0.15) is 17.3 Å². The number of hydrogen-bond acceptors (Lipinski definition) is 4. The first kappa shape index (κ1) is 14.5. The summed E-state index contributed by atoms with van der Waals surface area (Å²) in [5, 5.41) is 10.7. The molecule has 0 aliphatic carbocycles. The minimum absolute atomic E-state index is 0.178. The number of aromatic nitrogens is 1. The SMILES string of the molecule is NC(C(=O)O)c1csc(-c2ccc(C(F)(F)F)cc2)n1. The number of hydrogen-bond donors (Lipinski definition) is 2. The number of rotatable bonds is 3. The molecular formula is C12H9F3N2O2S. The molecule has 0 saturated carbocycles. The smallest absolute Gasteiger partial charge is 0.416 e. The summed E-state index contributed by atoms with van der Waals surface area (Å²) in [6.07, 6.45) is -4.39. The number of aliphatic carboxylic acids is 1. The lowest BCUT2D eigenvalue weighted by Gasteiger charge is -2.06. The van der Waals surface area contributed by atoms with Crippen molar-refractivity contribution in [2.75, 3.05) is 0 Å². The first-order valence-corrected chi connectivity index (χ1v) is 6.28. The lowest BCUT2D eigenvalue weighted by Crippen LogP contribution is -2.20. The van der Waals surface area contributed by atoms with Crippen molar-refractivity contribution in [2.45, 2.75) is 12.2 Å². The van der Waals surface area contributed by atoms with Gasteiger partial charge in [-0.1, -0.05) is 12.1 Å². The Balaban J connectivity index is 2.27. The third kappa shape index (κ3) is 2.97. The maximum Gasteiger partial charge on any atom is 0.416 e. The summed E-state index contributed by atoms with van der Waals surface area (Å²) >= 11 is 1.13. The van der Waals surface area contributed by atoms with Crippen molar-refractivity contribution in [1.82, 2.24) is 4.98 Å². The highest BCUT2D eigenvalue weighted by Gasteiger charge is 2.30. The molecule has 1 heterocycles. The number of halogens is 3. The van der Waals surface area contributed by atoms with Gasteiger partial charge in [0.15, 0.2) is 0 Å². The average Bonchev–Trinajstić information content (AvgIpc) is 2.86. The first-order valence-electron chi connectivity index (χ1n) is 5.40. The van der Waals surface area contributed by atoms with Crippen LogP contribution in [0.2, 0.25) is 0 Å². The van der Waals surface area contributed by atoms with Crippen molar-refractivity contribution in [3.63, 3.8) is 0 Å². The molecule has 1 unspecified atom stereocenters. The molecule has 8 heteroatoms. The summed E-state index contributed by atoms with van der Waals surface area (Å²) in [7, 11) is 0. The Hall–Kier alpha value is -1.93. The molecule has 0 saturated heterocycles. The van der Waals surface area contributed by atoms with Crippen LogP contribution < -0.4 is 5.73 Å². The molecule has 1 aromatic carbocycles. The third-order valence-corrected chi connectivity index (χ3v) is 3.48. The summed E-state index contributed by atoms with van der Waals surface area (Å²) in [5.74, 6) is -1.21. The van der Waals surface area contributed by atoms with Crippen molar-refractivity contribution in [3.8, 4) is 10.6 Å². The van der Waals surface area contributed by atoms with Crippen molar-refractivity contribution in [2.24, 2.45) is 5.73 Å². The van der Waals surface area contributed by atoms with E-state index in [0.29, 0.717) is 10.6 Å². The normalized spacial score (nSPS) is 13.2.